The molecule has 0 spiro atoms. The molecule has 5 nitrogen and oxygen atoms in total. The van der Waals surface area contributed by atoms with Crippen LogP contribution in [0.4, 0.5) is 0 Å². The van der Waals surface area contributed by atoms with E-state index in [0.717, 1.165) is 17.9 Å². The predicted octanol–water partition coefficient (Wildman–Crippen LogP) is 0.861. The molecule has 0 bridgehead atoms. The van der Waals surface area contributed by atoms with Gasteiger partial charge in [0, 0.05) is 0 Å². The number of carboxylic acid groups (broad SMARTS) is 1. The molecule has 2 unspecified atom stereocenters. The van der Waals surface area contributed by atoms with Crippen LogP contribution in [-0.4, -0.2) is 22.1 Å². The summed E-state index contributed by atoms with van der Waals surface area (Å²) in [7, 11) is 0. The number of hydrogen-bond acceptors (Lipinski definition) is 4. The number of carboxylic acids is 1. The van der Waals surface area contributed by atoms with Gasteiger partial charge in [0.15, 0.2) is 6.39 Å². The average molecular weight is 196 g/mol. The molecule has 0 aliphatic carbocycles. The van der Waals surface area contributed by atoms with Crippen molar-refractivity contribution in [1.82, 2.24) is 10.3 Å². The highest BCUT2D eigenvalue weighted by Gasteiger charge is 2.32. The van der Waals surface area contributed by atoms with Gasteiger partial charge >= 0.3 is 5.97 Å². The number of nitrogens with one attached hydrogen (secondary N) is 1. The molecule has 2 atom stereocenters. The Labute approximate surface area is 81.1 Å². The molecule has 5 heteroatoms. The molecule has 1 saturated heterocycles. The fraction of sp³-hybridized carbons (Fsp3) is 0.556. The SMILES string of the molecule is Cc1ncoc1C1CCC(C(=O)O)N1. The molecule has 0 aromatic carbocycles. The van der Waals surface area contributed by atoms with Crippen LogP contribution in [0.15, 0.2) is 10.8 Å². The van der Waals surface area contributed by atoms with Crippen molar-refractivity contribution in [3.8, 4) is 0 Å². The van der Waals surface area contributed by atoms with Crippen LogP contribution >= 0.6 is 0 Å². The van der Waals surface area contributed by atoms with Crippen LogP contribution in [0.3, 0.4) is 0 Å². The summed E-state index contributed by atoms with van der Waals surface area (Å²) in [5.41, 5.74) is 0.827. The Morgan fingerprint density at radius 3 is 3.00 bits per heavy atom. The minimum absolute atomic E-state index is 0.00130. The predicted molar refractivity (Wildman–Crippen MR) is 47.8 cm³/mol. The van der Waals surface area contributed by atoms with E-state index in [0.29, 0.717) is 6.42 Å². The normalized spacial score (nSPS) is 26.6. The molecule has 76 valence electrons. The summed E-state index contributed by atoms with van der Waals surface area (Å²) >= 11 is 0. The van der Waals surface area contributed by atoms with Gasteiger partial charge in [-0.2, -0.15) is 0 Å². The van der Waals surface area contributed by atoms with Crippen molar-refractivity contribution in [1.29, 1.82) is 0 Å². The van der Waals surface area contributed by atoms with Gasteiger partial charge in [-0.25, -0.2) is 4.98 Å². The van der Waals surface area contributed by atoms with Gasteiger partial charge in [-0.05, 0) is 19.8 Å². The van der Waals surface area contributed by atoms with Gasteiger partial charge in [0.2, 0.25) is 0 Å². The van der Waals surface area contributed by atoms with E-state index in [-0.39, 0.29) is 6.04 Å². The molecule has 0 saturated carbocycles. The summed E-state index contributed by atoms with van der Waals surface area (Å²) in [6.45, 7) is 1.86. The van der Waals surface area contributed by atoms with Crippen LogP contribution in [0.25, 0.3) is 0 Å². The van der Waals surface area contributed by atoms with Crippen LogP contribution < -0.4 is 5.32 Å². The van der Waals surface area contributed by atoms with E-state index in [9.17, 15) is 4.79 Å². The van der Waals surface area contributed by atoms with E-state index in [1.165, 1.54) is 6.39 Å². The number of rotatable bonds is 2. The van der Waals surface area contributed by atoms with Gasteiger partial charge < -0.3 is 9.52 Å². The first-order chi connectivity index (χ1) is 6.68. The van der Waals surface area contributed by atoms with E-state index < -0.39 is 12.0 Å². The Balaban J connectivity index is 2.10. The number of hydrogen-bond donors (Lipinski definition) is 2. The summed E-state index contributed by atoms with van der Waals surface area (Å²) in [6, 6.07) is -0.455. The lowest BCUT2D eigenvalue weighted by atomic mass is 10.1. The van der Waals surface area contributed by atoms with Crippen molar-refractivity contribution in [3.63, 3.8) is 0 Å². The molecule has 1 fully saturated rings. The van der Waals surface area contributed by atoms with Gasteiger partial charge in [-0.15, -0.1) is 0 Å². The van der Waals surface area contributed by atoms with Crippen molar-refractivity contribution >= 4 is 5.97 Å². The smallest absolute Gasteiger partial charge is 0.320 e. The third kappa shape index (κ3) is 1.50. The van der Waals surface area contributed by atoms with Gasteiger partial charge in [-0.3, -0.25) is 10.1 Å². The second-order valence-corrected chi connectivity index (χ2v) is 3.49. The molecule has 1 aromatic rings. The van der Waals surface area contributed by atoms with E-state index in [1.807, 2.05) is 6.92 Å². The Morgan fingerprint density at radius 1 is 1.71 bits per heavy atom. The molecule has 0 amide bonds. The summed E-state index contributed by atoms with van der Waals surface area (Å²) < 4.78 is 5.21. The first-order valence-electron chi connectivity index (χ1n) is 4.57. The number of nitrogens with zero attached hydrogens (tertiary/aromatic N) is 1. The lowest BCUT2D eigenvalue weighted by molar-refractivity contribution is -0.139. The Morgan fingerprint density at radius 2 is 2.50 bits per heavy atom. The maximum atomic E-state index is 10.7. The second-order valence-electron chi connectivity index (χ2n) is 3.49. The Kier molecular flexibility index (Phi) is 2.25. The average Bonchev–Trinajstić information content (AvgIpc) is 2.71. The van der Waals surface area contributed by atoms with Gasteiger partial charge in [0.25, 0.3) is 0 Å². The fourth-order valence-corrected chi connectivity index (χ4v) is 1.79. The largest absolute Gasteiger partial charge is 0.480 e. The minimum atomic E-state index is -0.801. The summed E-state index contributed by atoms with van der Waals surface area (Å²) in [5.74, 6) is -0.0431. The van der Waals surface area contributed by atoms with E-state index in [2.05, 4.69) is 10.3 Å². The number of aryl methyl sites for hydroxylation is 1. The van der Waals surface area contributed by atoms with Crippen molar-refractivity contribution in [2.45, 2.75) is 31.8 Å². The third-order valence-corrected chi connectivity index (χ3v) is 2.54. The zero-order valence-corrected chi connectivity index (χ0v) is 7.86. The molecular formula is C9H12N2O3. The van der Waals surface area contributed by atoms with Crippen molar-refractivity contribution in [2.24, 2.45) is 0 Å². The summed E-state index contributed by atoms with van der Waals surface area (Å²) in [6.07, 6.45) is 2.81. The monoisotopic (exact) mass is 196 g/mol. The maximum Gasteiger partial charge on any atom is 0.320 e. The van der Waals surface area contributed by atoms with Crippen molar-refractivity contribution in [3.05, 3.63) is 17.8 Å². The number of carbonyl (C=O) groups is 1. The minimum Gasteiger partial charge on any atom is -0.480 e. The van der Waals surface area contributed by atoms with Crippen LogP contribution in [-0.2, 0) is 4.79 Å². The molecule has 2 rings (SSSR count). The first kappa shape index (κ1) is 9.21. The molecule has 2 heterocycles. The quantitative estimate of drug-likeness (QED) is 0.733. The van der Waals surface area contributed by atoms with Crippen molar-refractivity contribution < 1.29 is 14.3 Å². The topological polar surface area (TPSA) is 75.4 Å². The van der Waals surface area contributed by atoms with E-state index in [4.69, 9.17) is 9.52 Å². The zero-order valence-electron chi connectivity index (χ0n) is 7.86. The second kappa shape index (κ2) is 3.42. The lowest BCUT2D eigenvalue weighted by Crippen LogP contribution is -2.31. The number of aliphatic carboxylic acids is 1. The van der Waals surface area contributed by atoms with Crippen molar-refractivity contribution in [2.75, 3.05) is 0 Å². The maximum absolute atomic E-state index is 10.7. The fourth-order valence-electron chi connectivity index (χ4n) is 1.79. The van der Waals surface area contributed by atoms with Crippen LogP contribution in [0.5, 0.6) is 0 Å². The summed E-state index contributed by atoms with van der Waals surface area (Å²) in [4.78, 5) is 14.7. The number of oxazole rings is 1. The number of aromatic nitrogens is 1. The third-order valence-electron chi connectivity index (χ3n) is 2.54. The van der Waals surface area contributed by atoms with E-state index in [1.54, 1.807) is 0 Å². The highest BCUT2D eigenvalue weighted by molar-refractivity contribution is 5.73. The molecule has 0 radical (unpaired) electrons. The van der Waals surface area contributed by atoms with E-state index >= 15 is 0 Å². The molecule has 1 aliphatic heterocycles. The lowest BCUT2D eigenvalue weighted by Gasteiger charge is -2.08. The van der Waals surface area contributed by atoms with Crippen LogP contribution in [0.2, 0.25) is 0 Å². The molecule has 14 heavy (non-hydrogen) atoms. The Hall–Kier alpha value is -1.36. The zero-order chi connectivity index (χ0) is 10.1. The van der Waals surface area contributed by atoms with Crippen LogP contribution in [0, 0.1) is 6.92 Å². The molecular weight excluding hydrogens is 184 g/mol. The molecule has 1 aromatic heterocycles. The standard InChI is InChI=1S/C9H12N2O3/c1-5-8(14-4-10-5)6-2-3-7(11-6)9(12)13/h4,6-7,11H,2-3H2,1H3,(H,12,13). The van der Waals surface area contributed by atoms with Crippen LogP contribution in [0.1, 0.15) is 30.3 Å². The highest BCUT2D eigenvalue weighted by atomic mass is 16.4. The molecule has 2 N–H and O–H groups in total. The summed E-state index contributed by atoms with van der Waals surface area (Å²) in [5, 5.41) is 11.8. The van der Waals surface area contributed by atoms with Gasteiger partial charge in [0.1, 0.15) is 11.8 Å². The molecule has 1 aliphatic rings. The highest BCUT2D eigenvalue weighted by Crippen LogP contribution is 2.28. The Bertz CT molecular complexity index is 348. The first-order valence-corrected chi connectivity index (χ1v) is 4.57. The van der Waals surface area contributed by atoms with Gasteiger partial charge in [0.05, 0.1) is 11.7 Å². The van der Waals surface area contributed by atoms with Gasteiger partial charge in [-0.1, -0.05) is 0 Å².